The van der Waals surface area contributed by atoms with Gasteiger partial charge in [0.1, 0.15) is 52.4 Å². The van der Waals surface area contributed by atoms with Crippen molar-refractivity contribution in [2.45, 2.75) is 221 Å². The van der Waals surface area contributed by atoms with Crippen molar-refractivity contribution in [3.8, 4) is 0 Å². The van der Waals surface area contributed by atoms with Crippen molar-refractivity contribution in [2.24, 2.45) is 4.99 Å². The van der Waals surface area contributed by atoms with Crippen LogP contribution in [0.5, 0.6) is 0 Å². The molecule has 0 bridgehead atoms. The number of imidazole rings is 3. The van der Waals surface area contributed by atoms with Crippen LogP contribution in [-0.4, -0.2) is 129 Å². The molecule has 11 heterocycles. The highest BCUT2D eigenvalue weighted by molar-refractivity contribution is 5.99. The number of nitrogens with zero attached hydrogens (tertiary/aromatic N) is 18. The van der Waals surface area contributed by atoms with E-state index in [9.17, 15) is 19.2 Å². The third kappa shape index (κ3) is 18.6. The standard InChI is InChI=1S/C11H15N3.C10H16N4O.C10H14N4.C10H16N2.C9H12N4O.C9H14N2O.C7H11N3O/c1-7(2)14-6-5-10-8(3)12-9(4)13-11(10)14;1-6-12-8-7(9(15)13-6)11-5-14(8)10(2,3)4;1-6(2)14-5-11-9-7(3)12-8(4)13-10(9)14;1-7(2)12-6-8(3)9(4)11-10(12)5;1-5(2)13-4-10-7-8(13)11-6(3)12-9(7)14;1-6(2)11-5-7(3)9(12)10-8(11)4;1-5(2)10-4-8-7(9-10)6(3)11/h5-7H,1-4H3;5-6,12H,1-4H3,(H,13,15);5-6H,1-4H3;6-7H,5H2,1-4H3;4-5H,1-3H3,(H,11,12,14);5-6H,4H2,1-3H3,(H,10,12);4-5H,1-3H3. The van der Waals surface area contributed by atoms with E-state index in [1.54, 1.807) is 37.5 Å². The van der Waals surface area contributed by atoms with Gasteiger partial charge in [-0.3, -0.25) is 19.2 Å². The molecule has 8 aromatic heterocycles. The van der Waals surface area contributed by atoms with Gasteiger partial charge >= 0.3 is 0 Å². The zero-order valence-electron chi connectivity index (χ0n) is 58.8. The Kier molecular flexibility index (Phi) is 24.7. The number of H-pyrrole nitrogens is 1. The summed E-state index contributed by atoms with van der Waals surface area (Å²) in [4.78, 5) is 94.0. The van der Waals surface area contributed by atoms with Crippen LogP contribution < -0.4 is 21.5 Å². The molecule has 0 saturated carbocycles. The third-order valence-corrected chi connectivity index (χ3v) is 14.4. The zero-order valence-corrected chi connectivity index (χ0v) is 58.8. The van der Waals surface area contributed by atoms with Crippen molar-refractivity contribution < 1.29 is 14.4 Å². The summed E-state index contributed by atoms with van der Waals surface area (Å²) < 4.78 is 9.78. The fourth-order valence-corrected chi connectivity index (χ4v) is 9.34. The van der Waals surface area contributed by atoms with Crippen molar-refractivity contribution in [3.05, 3.63) is 137 Å². The van der Waals surface area contributed by atoms with Crippen LogP contribution in [-0.2, 0) is 10.3 Å². The maximum absolute atomic E-state index is 11.6. The maximum atomic E-state index is 11.6. The number of aromatic amines is 1. The summed E-state index contributed by atoms with van der Waals surface area (Å²) in [6.45, 7) is 57.6. The molecular formula is C66H98N22O4. The molecule has 0 aliphatic carbocycles. The molecule has 26 nitrogen and oxygen atoms in total. The van der Waals surface area contributed by atoms with Gasteiger partial charge in [-0.1, -0.05) is 13.2 Å². The SMILES string of the molecule is C=C1N=C(C)C(C)=CN1C(C)C.C=C1NC(=O)C(C)=CN1C(C)C.CC(=O)c1ncn(C(C)C)n1.CC1NC(=O)c2ncn(C(C)(C)C)c2N1.Cc1nc(C)c2ccn(C(C)C)c2n1.Cc1nc(C)c2ncn(C(C)C)c2n1.Cc1nc2c(ncn2C(C)C)c(=O)[nH]1. The van der Waals surface area contributed by atoms with Gasteiger partial charge in [-0.15, -0.1) is 5.10 Å². The predicted molar refractivity (Wildman–Crippen MR) is 365 cm³/mol. The highest BCUT2D eigenvalue weighted by Gasteiger charge is 2.29. The van der Waals surface area contributed by atoms with E-state index < -0.39 is 0 Å². The van der Waals surface area contributed by atoms with Crippen molar-refractivity contribution in [3.63, 3.8) is 0 Å². The monoisotopic (exact) mass is 1260 g/mol. The molecule has 11 rings (SSSR count). The molecule has 496 valence electrons. The number of aromatic nitrogens is 16. The van der Waals surface area contributed by atoms with Crippen LogP contribution in [0, 0.1) is 34.6 Å². The van der Waals surface area contributed by atoms with E-state index in [0.29, 0.717) is 58.5 Å². The van der Waals surface area contributed by atoms with E-state index >= 15 is 0 Å². The number of Topliss-reactive ketones (excluding diaryl/α,β-unsaturated/α-hetero) is 1. The maximum Gasteiger partial charge on any atom is 0.279 e. The quantitative estimate of drug-likeness (QED) is 0.108. The fraction of sp³-hybridized carbons (Fsp3) is 0.500. The Hall–Kier alpha value is -9.49. The number of allylic oxidation sites excluding steroid dienone is 1. The van der Waals surface area contributed by atoms with E-state index in [1.807, 2.05) is 110 Å². The largest absolute Gasteiger partial charge is 0.350 e. The number of fused-ring (bicyclic) bond motifs is 4. The Morgan fingerprint density at radius 3 is 1.65 bits per heavy atom. The van der Waals surface area contributed by atoms with Crippen LogP contribution in [0.1, 0.15) is 213 Å². The average molecular weight is 1260 g/mol. The number of aryl methyl sites for hydroxylation is 5. The minimum absolute atomic E-state index is 0.0530. The number of carbonyl (C=O) groups excluding carboxylic acids is 3. The molecule has 1 unspecified atom stereocenters. The molecule has 4 N–H and O–H groups in total. The average Bonchev–Trinajstić information content (AvgIpc) is 1.75. The number of aliphatic imine (C=N–C) groups is 1. The molecule has 26 heteroatoms. The first-order chi connectivity index (χ1) is 42.8. The molecule has 2 amide bonds. The second-order valence-electron chi connectivity index (χ2n) is 25.4. The second-order valence-corrected chi connectivity index (χ2v) is 25.4. The summed E-state index contributed by atoms with van der Waals surface area (Å²) in [6.07, 6.45) is 12.7. The first kappa shape index (κ1) is 73.2. The van der Waals surface area contributed by atoms with Gasteiger partial charge in [-0.2, -0.15) is 0 Å². The number of nitrogens with one attached hydrogen (secondary N) is 4. The Morgan fingerprint density at radius 1 is 0.587 bits per heavy atom. The minimum atomic E-state index is -0.174. The summed E-state index contributed by atoms with van der Waals surface area (Å²) in [5.41, 5.74) is 9.19. The van der Waals surface area contributed by atoms with Crippen LogP contribution >= 0.6 is 0 Å². The Labute approximate surface area is 541 Å². The van der Waals surface area contributed by atoms with Crippen molar-refractivity contribution in [2.75, 3.05) is 5.32 Å². The first-order valence-electron chi connectivity index (χ1n) is 31.0. The molecule has 8 aromatic rings. The zero-order chi connectivity index (χ0) is 69.1. The lowest BCUT2D eigenvalue weighted by atomic mass is 10.1. The van der Waals surface area contributed by atoms with Crippen LogP contribution in [0.3, 0.4) is 0 Å². The normalized spacial score (nSPS) is 14.6. The van der Waals surface area contributed by atoms with E-state index in [-0.39, 0.29) is 46.9 Å². The van der Waals surface area contributed by atoms with Crippen molar-refractivity contribution >= 4 is 62.5 Å². The number of carbonyl (C=O) groups is 3. The number of anilines is 1. The summed E-state index contributed by atoms with van der Waals surface area (Å²) in [5, 5.41) is 13.8. The Bertz CT molecular complexity index is 3990. The van der Waals surface area contributed by atoms with Crippen LogP contribution in [0.15, 0.2) is 95.7 Å². The predicted octanol–water partition coefficient (Wildman–Crippen LogP) is 11.6. The third-order valence-electron chi connectivity index (χ3n) is 14.4. The van der Waals surface area contributed by atoms with E-state index in [0.717, 1.165) is 68.2 Å². The lowest BCUT2D eigenvalue weighted by Gasteiger charge is -2.31. The van der Waals surface area contributed by atoms with Gasteiger partial charge in [-0.25, -0.2) is 54.5 Å². The molecule has 0 saturated heterocycles. The first-order valence-corrected chi connectivity index (χ1v) is 31.0. The van der Waals surface area contributed by atoms with Crippen LogP contribution in [0.4, 0.5) is 5.82 Å². The van der Waals surface area contributed by atoms with Gasteiger partial charge < -0.3 is 49.0 Å². The highest BCUT2D eigenvalue weighted by Crippen LogP contribution is 2.27. The number of hydrogen-bond acceptors (Lipinski definition) is 18. The Balaban J connectivity index is 0.000000195. The molecule has 92 heavy (non-hydrogen) atoms. The van der Waals surface area contributed by atoms with Gasteiger partial charge in [0.05, 0.1) is 36.5 Å². The molecule has 0 aromatic carbocycles. The summed E-state index contributed by atoms with van der Waals surface area (Å²) in [7, 11) is 0. The highest BCUT2D eigenvalue weighted by atomic mass is 16.2. The number of ketones is 1. The van der Waals surface area contributed by atoms with Crippen molar-refractivity contribution in [1.29, 1.82) is 0 Å². The van der Waals surface area contributed by atoms with Gasteiger partial charge in [0, 0.05) is 84.0 Å². The van der Waals surface area contributed by atoms with Gasteiger partial charge in [0.25, 0.3) is 17.4 Å². The van der Waals surface area contributed by atoms with Gasteiger partial charge in [0.2, 0.25) is 5.82 Å². The van der Waals surface area contributed by atoms with E-state index in [1.165, 1.54) is 12.5 Å². The van der Waals surface area contributed by atoms with E-state index in [2.05, 4.69) is 191 Å². The molecule has 1 atom stereocenters. The Morgan fingerprint density at radius 2 is 1.13 bits per heavy atom. The minimum Gasteiger partial charge on any atom is -0.350 e. The molecular weight excluding hydrogens is 1160 g/mol. The summed E-state index contributed by atoms with van der Waals surface area (Å²) >= 11 is 0. The summed E-state index contributed by atoms with van der Waals surface area (Å²) in [6, 6.07) is 4.20. The topological polar surface area (TPSA) is 293 Å². The molecule has 3 aliphatic heterocycles. The van der Waals surface area contributed by atoms with E-state index in [4.69, 9.17) is 0 Å². The van der Waals surface area contributed by atoms with Gasteiger partial charge in [0.15, 0.2) is 28.3 Å². The number of hydrogen-bond donors (Lipinski definition) is 4. The number of amides is 2. The summed E-state index contributed by atoms with van der Waals surface area (Å²) in [5.74, 6) is 4.59. The smallest absolute Gasteiger partial charge is 0.279 e. The second kappa shape index (κ2) is 31.0. The van der Waals surface area contributed by atoms with Gasteiger partial charge in [-0.05, 0) is 178 Å². The lowest BCUT2D eigenvalue weighted by Crippen LogP contribution is -2.44. The molecule has 0 spiro atoms. The molecule has 3 aliphatic rings. The van der Waals surface area contributed by atoms with Crippen molar-refractivity contribution in [1.82, 2.24) is 98.3 Å². The lowest BCUT2D eigenvalue weighted by molar-refractivity contribution is -0.117. The molecule has 0 radical (unpaired) electrons. The van der Waals surface area contributed by atoms with Crippen LogP contribution in [0.2, 0.25) is 0 Å². The van der Waals surface area contributed by atoms with Crippen LogP contribution in [0.25, 0.3) is 33.4 Å². The molecule has 0 fully saturated rings. The fourth-order valence-electron chi connectivity index (χ4n) is 9.34. The number of rotatable bonds is 7.